The molecule has 2 aromatic heterocycles. The largest absolute Gasteiger partial charge is 0.354 e. The number of piperazine rings is 1. The number of nitrogens with one attached hydrogen (secondary N) is 1. The molecule has 0 aliphatic carbocycles. The van der Waals surface area contributed by atoms with E-state index in [0.717, 1.165) is 56.9 Å². The van der Waals surface area contributed by atoms with Gasteiger partial charge in [-0.05, 0) is 37.1 Å². The van der Waals surface area contributed by atoms with Crippen molar-refractivity contribution in [2.24, 2.45) is 0 Å². The Bertz CT molecular complexity index is 1140. The second kappa shape index (κ2) is 9.94. The summed E-state index contributed by atoms with van der Waals surface area (Å²) in [6, 6.07) is 13.8. The smallest absolute Gasteiger partial charge is 0.242 e. The van der Waals surface area contributed by atoms with E-state index in [1.807, 2.05) is 32.2 Å². The van der Waals surface area contributed by atoms with Gasteiger partial charge in [-0.2, -0.15) is 0 Å². The topological polar surface area (TPSA) is 78.4 Å². The third-order valence-electron chi connectivity index (χ3n) is 5.92. The summed E-state index contributed by atoms with van der Waals surface area (Å²) in [5.74, 6) is 0.817. The molecule has 4 rings (SSSR count). The Balaban J connectivity index is 1.36. The van der Waals surface area contributed by atoms with Gasteiger partial charge in [-0.15, -0.1) is 0 Å². The second-order valence-electron chi connectivity index (χ2n) is 8.42. The second-order valence-corrected chi connectivity index (χ2v) is 10.1. The number of pyridine rings is 2. The molecule has 1 unspecified atom stereocenters. The summed E-state index contributed by atoms with van der Waals surface area (Å²) in [4.78, 5) is 13.9. The predicted molar refractivity (Wildman–Crippen MR) is 128 cm³/mol. The van der Waals surface area contributed by atoms with Crippen molar-refractivity contribution in [3.8, 4) is 0 Å². The van der Waals surface area contributed by atoms with Crippen LogP contribution in [-0.2, 0) is 16.6 Å². The molecule has 1 fully saturated rings. The molecule has 0 amide bonds. The number of hydrogen-bond donors (Lipinski definition) is 1. The first-order chi connectivity index (χ1) is 15.5. The van der Waals surface area contributed by atoms with Crippen molar-refractivity contribution in [1.82, 2.24) is 19.6 Å². The van der Waals surface area contributed by atoms with Crippen LogP contribution in [0.15, 0.2) is 59.8 Å². The highest BCUT2D eigenvalue weighted by Gasteiger charge is 2.21. The van der Waals surface area contributed by atoms with Crippen molar-refractivity contribution in [2.45, 2.75) is 44.2 Å². The highest BCUT2D eigenvalue weighted by molar-refractivity contribution is 7.89. The summed E-state index contributed by atoms with van der Waals surface area (Å²) in [5.41, 5.74) is 2.31. The number of nitrogens with zero attached hydrogens (tertiary/aromatic N) is 4. The van der Waals surface area contributed by atoms with Crippen LogP contribution < -0.4 is 9.62 Å². The van der Waals surface area contributed by atoms with Crippen LogP contribution in [0.2, 0.25) is 0 Å². The fourth-order valence-electron chi connectivity index (χ4n) is 4.21. The standard InChI is InChI=1S/C24H31N5O2S/c1-3-6-19(2)27-32(30,31)22-10-11-23(26-17-22)29-15-13-28(14-16-29)18-21-8-4-7-20-9-5-12-25-24(20)21/h4-5,7-12,17,19,27H,3,6,13-16,18H2,1-2H3. The SMILES string of the molecule is CCCC(C)NS(=O)(=O)c1ccc(N2CCN(Cc3cccc4cccnc34)CC2)nc1. The third-order valence-corrected chi connectivity index (χ3v) is 7.49. The molecule has 0 saturated carbocycles. The van der Waals surface area contributed by atoms with Gasteiger partial charge in [0.25, 0.3) is 0 Å². The van der Waals surface area contributed by atoms with Crippen LogP contribution in [0.1, 0.15) is 32.3 Å². The number of fused-ring (bicyclic) bond motifs is 1. The fraction of sp³-hybridized carbons (Fsp3) is 0.417. The van der Waals surface area contributed by atoms with Gasteiger partial charge < -0.3 is 4.90 Å². The Labute approximate surface area is 190 Å². The molecular weight excluding hydrogens is 422 g/mol. The Hall–Kier alpha value is -2.55. The lowest BCUT2D eigenvalue weighted by molar-refractivity contribution is 0.250. The summed E-state index contributed by atoms with van der Waals surface area (Å²) in [5, 5.41) is 1.17. The molecule has 1 aliphatic heterocycles. The minimum absolute atomic E-state index is 0.0883. The van der Waals surface area contributed by atoms with E-state index in [2.05, 4.69) is 48.8 Å². The number of sulfonamides is 1. The van der Waals surface area contributed by atoms with Crippen molar-refractivity contribution in [2.75, 3.05) is 31.1 Å². The number of para-hydroxylation sites is 1. The van der Waals surface area contributed by atoms with Crippen LogP contribution in [0.25, 0.3) is 10.9 Å². The lowest BCUT2D eigenvalue weighted by Gasteiger charge is -2.35. The zero-order valence-electron chi connectivity index (χ0n) is 18.7. The first kappa shape index (κ1) is 22.6. The van der Waals surface area contributed by atoms with Gasteiger partial charge in [0.1, 0.15) is 10.7 Å². The van der Waals surface area contributed by atoms with Crippen LogP contribution in [0.5, 0.6) is 0 Å². The van der Waals surface area contributed by atoms with Gasteiger partial charge in [0.05, 0.1) is 5.52 Å². The minimum atomic E-state index is -3.54. The lowest BCUT2D eigenvalue weighted by atomic mass is 10.1. The monoisotopic (exact) mass is 453 g/mol. The number of rotatable bonds is 8. The quantitative estimate of drug-likeness (QED) is 0.563. The summed E-state index contributed by atoms with van der Waals surface area (Å²) in [6.45, 7) is 8.33. The molecule has 1 saturated heterocycles. The van der Waals surface area contributed by atoms with Crippen molar-refractivity contribution in [3.63, 3.8) is 0 Å². The molecule has 1 N–H and O–H groups in total. The maximum Gasteiger partial charge on any atom is 0.242 e. The molecule has 1 atom stereocenters. The zero-order valence-corrected chi connectivity index (χ0v) is 19.6. The van der Waals surface area contributed by atoms with Crippen molar-refractivity contribution < 1.29 is 8.42 Å². The first-order valence-electron chi connectivity index (χ1n) is 11.2. The predicted octanol–water partition coefficient (Wildman–Crippen LogP) is 3.42. The Morgan fingerprint density at radius 3 is 2.53 bits per heavy atom. The average Bonchev–Trinajstić information content (AvgIpc) is 2.80. The Morgan fingerprint density at radius 2 is 1.81 bits per heavy atom. The molecule has 0 spiro atoms. The lowest BCUT2D eigenvalue weighted by Crippen LogP contribution is -2.46. The van der Waals surface area contributed by atoms with Crippen LogP contribution in [-0.4, -0.2) is 55.5 Å². The van der Waals surface area contributed by atoms with E-state index < -0.39 is 10.0 Å². The van der Waals surface area contributed by atoms with Gasteiger partial charge >= 0.3 is 0 Å². The van der Waals surface area contributed by atoms with E-state index in [4.69, 9.17) is 0 Å². The fourth-order valence-corrected chi connectivity index (χ4v) is 5.44. The molecule has 3 aromatic rings. The maximum atomic E-state index is 12.5. The normalized spacial score (nSPS) is 16.4. The molecular formula is C24H31N5O2S. The summed E-state index contributed by atoms with van der Waals surface area (Å²) < 4.78 is 27.8. The van der Waals surface area contributed by atoms with Gasteiger partial charge in [-0.1, -0.05) is 37.6 Å². The van der Waals surface area contributed by atoms with Crippen LogP contribution in [0.4, 0.5) is 5.82 Å². The van der Waals surface area contributed by atoms with E-state index in [-0.39, 0.29) is 10.9 Å². The van der Waals surface area contributed by atoms with Gasteiger partial charge in [0.2, 0.25) is 10.0 Å². The van der Waals surface area contributed by atoms with E-state index in [1.165, 1.54) is 17.1 Å². The van der Waals surface area contributed by atoms with E-state index in [1.54, 1.807) is 6.07 Å². The van der Waals surface area contributed by atoms with Crippen molar-refractivity contribution >= 4 is 26.7 Å². The number of hydrogen-bond acceptors (Lipinski definition) is 6. The Kier molecular flexibility index (Phi) is 7.03. The molecule has 170 valence electrons. The molecule has 3 heterocycles. The molecule has 0 radical (unpaired) electrons. The molecule has 1 aliphatic rings. The summed E-state index contributed by atoms with van der Waals surface area (Å²) in [7, 11) is -3.54. The molecule has 32 heavy (non-hydrogen) atoms. The number of benzene rings is 1. The maximum absolute atomic E-state index is 12.5. The molecule has 7 nitrogen and oxygen atoms in total. The molecule has 1 aromatic carbocycles. The number of aromatic nitrogens is 2. The molecule has 8 heteroatoms. The Morgan fingerprint density at radius 1 is 1.03 bits per heavy atom. The van der Waals surface area contributed by atoms with Crippen LogP contribution >= 0.6 is 0 Å². The van der Waals surface area contributed by atoms with E-state index >= 15 is 0 Å². The highest BCUT2D eigenvalue weighted by Crippen LogP contribution is 2.20. The van der Waals surface area contributed by atoms with Crippen molar-refractivity contribution in [1.29, 1.82) is 0 Å². The summed E-state index contributed by atoms with van der Waals surface area (Å²) >= 11 is 0. The summed E-state index contributed by atoms with van der Waals surface area (Å²) in [6.07, 6.45) is 5.05. The van der Waals surface area contributed by atoms with Gasteiger partial charge in [-0.3, -0.25) is 9.88 Å². The van der Waals surface area contributed by atoms with Gasteiger partial charge in [-0.25, -0.2) is 18.1 Å². The highest BCUT2D eigenvalue weighted by atomic mass is 32.2. The van der Waals surface area contributed by atoms with Crippen molar-refractivity contribution in [3.05, 3.63) is 60.4 Å². The van der Waals surface area contributed by atoms with E-state index in [9.17, 15) is 8.42 Å². The zero-order chi connectivity index (χ0) is 22.6. The van der Waals surface area contributed by atoms with Gasteiger partial charge in [0, 0.05) is 56.5 Å². The van der Waals surface area contributed by atoms with Crippen LogP contribution in [0, 0.1) is 0 Å². The van der Waals surface area contributed by atoms with Crippen LogP contribution in [0.3, 0.4) is 0 Å². The minimum Gasteiger partial charge on any atom is -0.354 e. The van der Waals surface area contributed by atoms with Gasteiger partial charge in [0.15, 0.2) is 0 Å². The molecule has 0 bridgehead atoms. The van der Waals surface area contributed by atoms with E-state index in [0.29, 0.717) is 0 Å². The average molecular weight is 454 g/mol. The number of anilines is 1. The third kappa shape index (κ3) is 5.26. The first-order valence-corrected chi connectivity index (χ1v) is 12.7.